The van der Waals surface area contributed by atoms with Crippen LogP contribution in [0.1, 0.15) is 16.1 Å². The number of carbonyl (C=O) groups excluding carboxylic acids is 1. The largest absolute Gasteiger partial charge is 0.417 e. The van der Waals surface area contributed by atoms with Gasteiger partial charge in [0.25, 0.3) is 5.91 Å². The Morgan fingerprint density at radius 2 is 1.92 bits per heavy atom. The second kappa shape index (κ2) is 6.63. The summed E-state index contributed by atoms with van der Waals surface area (Å²) < 4.78 is 56.5. The Balaban J connectivity index is 2.67. The molecule has 9 nitrogen and oxygen atoms in total. The van der Waals surface area contributed by atoms with Crippen molar-refractivity contribution in [3.63, 3.8) is 0 Å². The van der Waals surface area contributed by atoms with Crippen LogP contribution in [0.2, 0.25) is 0 Å². The molecule has 0 aliphatic carbocycles. The normalized spacial score (nSPS) is 14.1. The number of aryl methyl sites for hydroxylation is 1. The number of nitrogens with zero attached hydrogens (tertiary/aromatic N) is 2. The highest BCUT2D eigenvalue weighted by molar-refractivity contribution is 7.51. The lowest BCUT2D eigenvalue weighted by molar-refractivity contribution is -0.137. The minimum absolute atomic E-state index is 0.0588. The minimum Gasteiger partial charge on any atom is -0.370 e. The van der Waals surface area contributed by atoms with Gasteiger partial charge in [0.2, 0.25) is 0 Å². The van der Waals surface area contributed by atoms with E-state index in [4.69, 9.17) is 16.4 Å². The van der Waals surface area contributed by atoms with Crippen LogP contribution in [0.15, 0.2) is 23.2 Å². The summed E-state index contributed by atoms with van der Waals surface area (Å²) in [6.07, 6.45) is -4.80. The van der Waals surface area contributed by atoms with Crippen LogP contribution >= 0.6 is 7.60 Å². The van der Waals surface area contributed by atoms with E-state index >= 15 is 0 Å². The van der Waals surface area contributed by atoms with Gasteiger partial charge in [-0.05, 0) is 12.1 Å². The minimum atomic E-state index is -4.80. The van der Waals surface area contributed by atoms with Gasteiger partial charge in [-0.3, -0.25) is 9.36 Å². The smallest absolute Gasteiger partial charge is 0.370 e. The molecule has 0 fully saturated rings. The van der Waals surface area contributed by atoms with Gasteiger partial charge in [-0.2, -0.15) is 18.2 Å². The number of benzene rings is 1. The Morgan fingerprint density at radius 3 is 2.42 bits per heavy atom. The first-order valence-electron chi connectivity index (χ1n) is 6.81. The number of alkyl halides is 3. The van der Waals surface area contributed by atoms with E-state index in [1.807, 2.05) is 0 Å². The van der Waals surface area contributed by atoms with Crippen molar-refractivity contribution in [2.75, 3.05) is 6.66 Å². The van der Waals surface area contributed by atoms with Crippen LogP contribution in [0, 0.1) is 0 Å². The highest BCUT2D eigenvalue weighted by Crippen LogP contribution is 2.41. The average molecular weight is 394 g/mol. The number of guanidine groups is 1. The van der Waals surface area contributed by atoms with Gasteiger partial charge in [-0.15, -0.1) is 4.67 Å². The van der Waals surface area contributed by atoms with Gasteiger partial charge in [0.05, 0.1) is 11.1 Å². The van der Waals surface area contributed by atoms with Gasteiger partial charge in [0.1, 0.15) is 5.69 Å². The molecule has 1 unspecified atom stereocenters. The van der Waals surface area contributed by atoms with E-state index < -0.39 is 37.0 Å². The van der Waals surface area contributed by atoms with E-state index in [0.29, 0.717) is 6.07 Å². The Labute approximate surface area is 144 Å². The summed E-state index contributed by atoms with van der Waals surface area (Å²) in [6.45, 7) is 0.796. The first-order chi connectivity index (χ1) is 11.8. The monoisotopic (exact) mass is 394 g/mol. The summed E-state index contributed by atoms with van der Waals surface area (Å²) in [7, 11) is -2.78. The van der Waals surface area contributed by atoms with Gasteiger partial charge < -0.3 is 25.8 Å². The van der Waals surface area contributed by atoms with Gasteiger partial charge in [-0.25, -0.2) is 0 Å². The molecule has 26 heavy (non-hydrogen) atoms. The lowest BCUT2D eigenvalue weighted by Crippen LogP contribution is -2.24. The molecule has 142 valence electrons. The highest BCUT2D eigenvalue weighted by atomic mass is 31.2. The topological polar surface area (TPSA) is 142 Å². The molecule has 0 bridgehead atoms. The first kappa shape index (κ1) is 19.8. The van der Waals surface area contributed by atoms with Gasteiger partial charge in [0, 0.05) is 25.2 Å². The Morgan fingerprint density at radius 1 is 1.31 bits per heavy atom. The maximum Gasteiger partial charge on any atom is 0.417 e. The third-order valence-corrected chi connectivity index (χ3v) is 3.51. The summed E-state index contributed by atoms with van der Waals surface area (Å²) in [5, 5.41) is -0.315. The lowest BCUT2D eigenvalue weighted by atomic mass is 10.1. The molecule has 0 saturated carbocycles. The number of aliphatic imine (C=N–C) groups is 1. The summed E-state index contributed by atoms with van der Waals surface area (Å²) >= 11 is 0. The van der Waals surface area contributed by atoms with E-state index in [2.05, 4.69) is 14.6 Å². The lowest BCUT2D eigenvalue weighted by Gasteiger charge is -2.12. The molecule has 1 aromatic carbocycles. The van der Waals surface area contributed by atoms with Crippen LogP contribution in [-0.2, 0) is 22.5 Å². The van der Waals surface area contributed by atoms with Gasteiger partial charge in [-0.1, -0.05) is 0 Å². The quantitative estimate of drug-likeness (QED) is 0.236. The molecule has 0 aliphatic heterocycles. The predicted molar refractivity (Wildman–Crippen MR) is 85.5 cm³/mol. The zero-order chi connectivity index (χ0) is 19.9. The molecule has 2 aromatic rings. The number of rotatable bonds is 4. The molecule has 0 spiro atoms. The molecule has 1 amide bonds. The molecule has 1 atom stereocenters. The zero-order valence-electron chi connectivity index (χ0n) is 13.4. The van der Waals surface area contributed by atoms with Crippen molar-refractivity contribution >= 4 is 30.4 Å². The fourth-order valence-corrected chi connectivity index (χ4v) is 2.40. The van der Waals surface area contributed by atoms with E-state index in [9.17, 15) is 22.5 Å². The van der Waals surface area contributed by atoms with Crippen LogP contribution in [0.5, 0.6) is 5.75 Å². The molecule has 5 N–H and O–H groups in total. The zero-order valence-corrected chi connectivity index (χ0v) is 14.3. The number of aromatic nitrogens is 1. The van der Waals surface area contributed by atoms with Crippen molar-refractivity contribution in [3.05, 3.63) is 29.5 Å². The van der Waals surface area contributed by atoms with Crippen LogP contribution < -0.4 is 16.4 Å². The van der Waals surface area contributed by atoms with E-state index in [0.717, 1.165) is 23.4 Å². The number of hydrogen-bond donors (Lipinski definition) is 3. The van der Waals surface area contributed by atoms with Crippen LogP contribution in [0.25, 0.3) is 10.9 Å². The maximum absolute atomic E-state index is 13.4. The summed E-state index contributed by atoms with van der Waals surface area (Å²) in [5.74, 6) is -1.97. The number of carbonyl (C=O) groups is 1. The number of halogens is 3. The van der Waals surface area contributed by atoms with Gasteiger partial charge in [0.15, 0.2) is 11.7 Å². The molecule has 0 saturated heterocycles. The summed E-state index contributed by atoms with van der Waals surface area (Å²) in [6, 6.07) is 2.66. The number of nitrogens with two attached hydrogens (primary N) is 2. The third-order valence-electron chi connectivity index (χ3n) is 3.16. The molecule has 0 aliphatic rings. The first-order valence-corrected chi connectivity index (χ1v) is 8.83. The van der Waals surface area contributed by atoms with E-state index in [1.54, 1.807) is 0 Å². The van der Waals surface area contributed by atoms with E-state index in [1.165, 1.54) is 7.05 Å². The molecule has 0 radical (unpaired) electrons. The second-order valence-corrected chi connectivity index (χ2v) is 7.05. The van der Waals surface area contributed by atoms with Gasteiger partial charge >= 0.3 is 13.8 Å². The molecular weight excluding hydrogens is 380 g/mol. The van der Waals surface area contributed by atoms with Crippen molar-refractivity contribution in [1.29, 1.82) is 0 Å². The molecule has 1 heterocycles. The summed E-state index contributed by atoms with van der Waals surface area (Å²) in [4.78, 5) is 28.8. The van der Waals surface area contributed by atoms with Crippen molar-refractivity contribution < 1.29 is 37.0 Å². The van der Waals surface area contributed by atoms with Crippen LogP contribution in [0.3, 0.4) is 0 Å². The van der Waals surface area contributed by atoms with Crippen molar-refractivity contribution in [1.82, 2.24) is 4.57 Å². The molecule has 1 aromatic heterocycles. The van der Waals surface area contributed by atoms with Crippen LogP contribution in [-0.4, -0.2) is 28.0 Å². The van der Waals surface area contributed by atoms with Crippen molar-refractivity contribution in [3.8, 4) is 5.75 Å². The number of amides is 1. The Bertz CT molecular complexity index is 943. The van der Waals surface area contributed by atoms with Crippen molar-refractivity contribution in [2.24, 2.45) is 23.5 Å². The Kier molecular flexibility index (Phi) is 5.04. The van der Waals surface area contributed by atoms with Crippen molar-refractivity contribution in [2.45, 2.75) is 6.18 Å². The third kappa shape index (κ3) is 4.34. The fourth-order valence-electron chi connectivity index (χ4n) is 2.18. The van der Waals surface area contributed by atoms with Crippen LogP contribution in [0.4, 0.5) is 13.2 Å². The Hall–Kier alpha value is -2.56. The molecule has 13 heteroatoms. The standard InChI is InChI=1S/C13H14F3N4O5P/c1-20-9-4-6(24-25-26(2,22)23)3-8(13(14,15)16)7(9)5-10(20)11(21)19-12(17)18/h3-5H,1-2H3,(H,22,23)(H4,17,18,19,21). The predicted octanol–water partition coefficient (Wildman–Crippen LogP) is 1.74. The number of fused-ring (bicyclic) bond motifs is 1. The maximum atomic E-state index is 13.4. The average Bonchev–Trinajstić information content (AvgIpc) is 2.79. The summed E-state index contributed by atoms with van der Waals surface area (Å²) in [5.41, 5.74) is 8.81. The fraction of sp³-hybridized carbons (Fsp3) is 0.231. The van der Waals surface area contributed by atoms with E-state index in [-0.39, 0.29) is 16.6 Å². The SMILES string of the molecule is Cn1c(C(=O)N=C(N)N)cc2c(C(F)(F)F)cc(OOP(C)(=O)O)cc21. The second-order valence-electron chi connectivity index (χ2n) is 5.29. The molecule has 2 rings (SSSR count). The molecular formula is C13H14F3N4O5P. The highest BCUT2D eigenvalue weighted by Gasteiger charge is 2.35. The number of hydrogen-bond acceptors (Lipinski definition) is 4.